The first-order valence-electron chi connectivity index (χ1n) is 8.94. The van der Waals surface area contributed by atoms with Gasteiger partial charge in [-0.3, -0.25) is 15.0 Å². The van der Waals surface area contributed by atoms with Crippen molar-refractivity contribution in [1.29, 1.82) is 0 Å². The monoisotopic (exact) mass is 393 g/mol. The van der Waals surface area contributed by atoms with E-state index in [-0.39, 0.29) is 12.5 Å². The largest absolute Gasteiger partial charge is 0.497 e. The molecule has 0 bridgehead atoms. The van der Waals surface area contributed by atoms with E-state index in [0.717, 1.165) is 0 Å². The van der Waals surface area contributed by atoms with Crippen molar-refractivity contribution >= 4 is 17.5 Å². The van der Waals surface area contributed by atoms with Crippen LogP contribution in [0.4, 0.5) is 5.69 Å². The van der Waals surface area contributed by atoms with Crippen LogP contribution < -0.4 is 20.2 Å². The number of hydrogen-bond acceptors (Lipinski definition) is 6. The number of hydrazine groups is 1. The number of methoxy groups -OCH3 is 1. The van der Waals surface area contributed by atoms with Gasteiger partial charge in [0.15, 0.2) is 12.8 Å². The van der Waals surface area contributed by atoms with Gasteiger partial charge in [0.1, 0.15) is 17.3 Å². The van der Waals surface area contributed by atoms with Crippen molar-refractivity contribution in [3.8, 4) is 11.5 Å². The maximum absolute atomic E-state index is 13.0. The number of hydrogen-bond donors (Lipinski definition) is 2. The molecule has 3 aromatic rings. The molecule has 8 nitrogen and oxygen atoms in total. The molecule has 0 aliphatic carbocycles. The molecule has 1 atom stereocenters. The number of rotatable bonds is 6. The molecule has 2 amide bonds. The van der Waals surface area contributed by atoms with Crippen molar-refractivity contribution in [2.75, 3.05) is 19.0 Å². The lowest BCUT2D eigenvalue weighted by Crippen LogP contribution is -2.53. The second-order valence-electron chi connectivity index (χ2n) is 6.28. The van der Waals surface area contributed by atoms with E-state index in [1.807, 2.05) is 6.07 Å². The van der Waals surface area contributed by atoms with Crippen LogP contribution in [0, 0.1) is 0 Å². The van der Waals surface area contributed by atoms with Gasteiger partial charge in [0.25, 0.3) is 11.8 Å². The van der Waals surface area contributed by atoms with E-state index in [2.05, 4.69) is 10.7 Å². The molecule has 0 radical (unpaired) electrons. The average molecular weight is 393 g/mol. The van der Waals surface area contributed by atoms with Crippen LogP contribution in [0.15, 0.2) is 71.3 Å². The van der Waals surface area contributed by atoms with Gasteiger partial charge in [-0.25, -0.2) is 5.01 Å². The Labute approximate surface area is 167 Å². The fourth-order valence-electron chi connectivity index (χ4n) is 3.00. The SMILES string of the molecule is COc1ccc(OCC(=O)NN2C(=O)c3ccccc3NC2c2ccco2)cc1. The van der Waals surface area contributed by atoms with Crippen LogP contribution in [0.3, 0.4) is 0 Å². The molecule has 2 heterocycles. The number of nitrogens with zero attached hydrogens (tertiary/aromatic N) is 1. The zero-order chi connectivity index (χ0) is 20.2. The van der Waals surface area contributed by atoms with E-state index in [1.54, 1.807) is 61.7 Å². The third-order valence-electron chi connectivity index (χ3n) is 4.41. The zero-order valence-electron chi connectivity index (χ0n) is 15.6. The third kappa shape index (κ3) is 3.86. The van der Waals surface area contributed by atoms with E-state index in [1.165, 1.54) is 11.3 Å². The minimum Gasteiger partial charge on any atom is -0.497 e. The lowest BCUT2D eigenvalue weighted by Gasteiger charge is -2.36. The fraction of sp³-hybridized carbons (Fsp3) is 0.143. The highest BCUT2D eigenvalue weighted by Crippen LogP contribution is 2.31. The third-order valence-corrected chi connectivity index (χ3v) is 4.41. The summed E-state index contributed by atoms with van der Waals surface area (Å²) in [7, 11) is 1.57. The van der Waals surface area contributed by atoms with Gasteiger partial charge in [0.2, 0.25) is 0 Å². The number of furan rings is 1. The highest BCUT2D eigenvalue weighted by Gasteiger charge is 2.35. The number of fused-ring (bicyclic) bond motifs is 1. The quantitative estimate of drug-likeness (QED) is 0.669. The topological polar surface area (TPSA) is 93.0 Å². The van der Waals surface area contributed by atoms with Crippen molar-refractivity contribution < 1.29 is 23.5 Å². The summed E-state index contributed by atoms with van der Waals surface area (Å²) >= 11 is 0. The Hall–Kier alpha value is -3.94. The van der Waals surface area contributed by atoms with Gasteiger partial charge in [-0.2, -0.15) is 0 Å². The van der Waals surface area contributed by atoms with Crippen LogP contribution in [-0.4, -0.2) is 30.5 Å². The first-order valence-corrected chi connectivity index (χ1v) is 8.94. The number of para-hydroxylation sites is 1. The summed E-state index contributed by atoms with van der Waals surface area (Å²) in [6, 6.07) is 17.4. The maximum Gasteiger partial charge on any atom is 0.276 e. The van der Waals surface area contributed by atoms with Crippen molar-refractivity contribution in [3.05, 3.63) is 78.3 Å². The van der Waals surface area contributed by atoms with Crippen LogP contribution in [0.2, 0.25) is 0 Å². The fourth-order valence-corrected chi connectivity index (χ4v) is 3.00. The molecule has 0 saturated carbocycles. The summed E-state index contributed by atoms with van der Waals surface area (Å²) in [5.74, 6) is 0.860. The summed E-state index contributed by atoms with van der Waals surface area (Å²) in [6.07, 6.45) is 0.826. The van der Waals surface area contributed by atoms with E-state index in [4.69, 9.17) is 13.9 Å². The van der Waals surface area contributed by atoms with Crippen LogP contribution in [0.1, 0.15) is 22.3 Å². The normalized spacial score (nSPS) is 15.3. The average Bonchev–Trinajstić information content (AvgIpc) is 3.29. The van der Waals surface area contributed by atoms with Gasteiger partial charge in [-0.15, -0.1) is 0 Å². The van der Waals surface area contributed by atoms with Crippen LogP contribution in [0.25, 0.3) is 0 Å². The summed E-state index contributed by atoms with van der Waals surface area (Å²) in [5.41, 5.74) is 3.73. The number of carbonyl (C=O) groups excluding carboxylic acids is 2. The molecule has 29 heavy (non-hydrogen) atoms. The zero-order valence-corrected chi connectivity index (χ0v) is 15.6. The highest BCUT2D eigenvalue weighted by atomic mass is 16.5. The number of benzene rings is 2. The van der Waals surface area contributed by atoms with Crippen LogP contribution >= 0.6 is 0 Å². The summed E-state index contributed by atoms with van der Waals surface area (Å²) < 4.78 is 16.0. The summed E-state index contributed by atoms with van der Waals surface area (Å²) in [5, 5.41) is 4.42. The van der Waals surface area contributed by atoms with Gasteiger partial charge in [0.05, 0.1) is 18.9 Å². The molecule has 0 fully saturated rings. The van der Waals surface area contributed by atoms with Crippen LogP contribution in [-0.2, 0) is 4.79 Å². The molecule has 2 aromatic carbocycles. The van der Waals surface area contributed by atoms with E-state index in [0.29, 0.717) is 28.5 Å². The Bertz CT molecular complexity index is 1000. The predicted molar refractivity (Wildman–Crippen MR) is 104 cm³/mol. The molecular weight excluding hydrogens is 374 g/mol. The van der Waals surface area contributed by atoms with E-state index < -0.39 is 12.1 Å². The number of nitrogens with one attached hydrogen (secondary N) is 2. The Balaban J connectivity index is 1.48. The molecule has 148 valence electrons. The molecule has 4 rings (SSSR count). The van der Waals surface area contributed by atoms with Gasteiger partial charge in [-0.05, 0) is 48.5 Å². The summed E-state index contributed by atoms with van der Waals surface area (Å²) in [6.45, 7) is -0.261. The molecular formula is C21H19N3O5. The van der Waals surface area contributed by atoms with Crippen molar-refractivity contribution in [3.63, 3.8) is 0 Å². The van der Waals surface area contributed by atoms with Gasteiger partial charge in [0, 0.05) is 5.69 Å². The molecule has 1 aliphatic heterocycles. The molecule has 0 spiro atoms. The molecule has 1 aliphatic rings. The Kier molecular flexibility index (Phi) is 5.07. The lowest BCUT2D eigenvalue weighted by atomic mass is 10.1. The number of ether oxygens (including phenoxy) is 2. The molecule has 1 aromatic heterocycles. The van der Waals surface area contributed by atoms with Gasteiger partial charge >= 0.3 is 0 Å². The second-order valence-corrected chi connectivity index (χ2v) is 6.28. The highest BCUT2D eigenvalue weighted by molar-refractivity contribution is 6.02. The maximum atomic E-state index is 13.0. The Morgan fingerprint density at radius 3 is 2.59 bits per heavy atom. The second kappa shape index (κ2) is 7.97. The van der Waals surface area contributed by atoms with Crippen molar-refractivity contribution in [2.24, 2.45) is 0 Å². The molecule has 8 heteroatoms. The lowest BCUT2D eigenvalue weighted by molar-refractivity contribution is -0.127. The molecule has 0 saturated heterocycles. The Morgan fingerprint density at radius 1 is 1.10 bits per heavy atom. The van der Waals surface area contributed by atoms with E-state index in [9.17, 15) is 9.59 Å². The smallest absolute Gasteiger partial charge is 0.276 e. The Morgan fingerprint density at radius 2 is 1.86 bits per heavy atom. The minimum absolute atomic E-state index is 0.261. The van der Waals surface area contributed by atoms with E-state index >= 15 is 0 Å². The number of amides is 2. The molecule has 1 unspecified atom stereocenters. The standard InChI is InChI=1S/C21H19N3O5/c1-27-14-8-10-15(11-9-14)29-13-19(25)23-24-20(18-7-4-12-28-18)22-17-6-3-2-5-16(17)21(24)26/h2-12,20,22H,13H2,1H3,(H,23,25). The minimum atomic E-state index is -0.683. The number of anilines is 1. The first-order chi connectivity index (χ1) is 14.2. The summed E-state index contributed by atoms with van der Waals surface area (Å²) in [4.78, 5) is 25.4. The van der Waals surface area contributed by atoms with Gasteiger partial charge < -0.3 is 19.2 Å². The van der Waals surface area contributed by atoms with Crippen LogP contribution in [0.5, 0.6) is 11.5 Å². The molecule has 2 N–H and O–H groups in total. The first kappa shape index (κ1) is 18.4. The van der Waals surface area contributed by atoms with Crippen molar-refractivity contribution in [2.45, 2.75) is 6.17 Å². The predicted octanol–water partition coefficient (Wildman–Crippen LogP) is 2.96. The number of carbonyl (C=O) groups is 2. The van der Waals surface area contributed by atoms with Crippen molar-refractivity contribution in [1.82, 2.24) is 10.4 Å². The van der Waals surface area contributed by atoms with Gasteiger partial charge in [-0.1, -0.05) is 12.1 Å².